The Bertz CT molecular complexity index is 177. The summed E-state index contributed by atoms with van der Waals surface area (Å²) in [6.45, 7) is 6.20. The highest BCUT2D eigenvalue weighted by atomic mass is 16.5. The lowest BCUT2D eigenvalue weighted by molar-refractivity contribution is -0.897. The van der Waals surface area contributed by atoms with Crippen molar-refractivity contribution in [3.05, 3.63) is 0 Å². The van der Waals surface area contributed by atoms with E-state index in [1.807, 2.05) is 0 Å². The molecule has 1 heterocycles. The maximum atomic E-state index is 9.36. The van der Waals surface area contributed by atoms with Crippen molar-refractivity contribution in [3.63, 3.8) is 0 Å². The van der Waals surface area contributed by atoms with E-state index >= 15 is 0 Å². The van der Waals surface area contributed by atoms with E-state index in [9.17, 15) is 9.90 Å². The molecule has 0 aromatic rings. The van der Waals surface area contributed by atoms with E-state index in [2.05, 4.69) is 18.7 Å². The molecule has 4 heteroatoms. The average Bonchev–Trinajstić information content (AvgIpc) is 2.53. The number of aliphatic carboxylic acids is 1. The van der Waals surface area contributed by atoms with Crippen LogP contribution in [-0.2, 0) is 9.53 Å². The molecule has 0 amide bonds. The number of methoxy groups -OCH3 is 1. The number of ether oxygens (including phenoxy) is 1. The smallest absolute Gasteiger partial charge is 0.0857 e. The van der Waals surface area contributed by atoms with Gasteiger partial charge in [0.1, 0.15) is 0 Å². The summed E-state index contributed by atoms with van der Waals surface area (Å²) in [6, 6.07) is 0. The monoisotopic (exact) mass is 217 g/mol. The van der Waals surface area contributed by atoms with Crippen molar-refractivity contribution < 1.29 is 19.1 Å². The first-order chi connectivity index (χ1) is 7.04. The minimum absolute atomic E-state index is 0.319. The zero-order chi connectivity index (χ0) is 11.7. The van der Waals surface area contributed by atoms with Crippen LogP contribution in [-0.4, -0.2) is 50.9 Å². The molecule has 0 spiro atoms. The molecule has 1 aliphatic heterocycles. The summed E-state index contributed by atoms with van der Waals surface area (Å²) < 4.78 is 5.48. The normalized spacial score (nSPS) is 18.1. The molecule has 1 rings (SSSR count). The second kappa shape index (κ2) is 7.65. The van der Waals surface area contributed by atoms with Crippen LogP contribution < -0.4 is 5.11 Å². The molecule has 0 unspecified atom stereocenters. The van der Waals surface area contributed by atoms with Crippen molar-refractivity contribution >= 4 is 5.97 Å². The van der Waals surface area contributed by atoms with Crippen molar-refractivity contribution in [1.29, 1.82) is 0 Å². The Morgan fingerprint density at radius 2 is 1.93 bits per heavy atom. The molecule has 0 saturated carbocycles. The average molecular weight is 217 g/mol. The minimum atomic E-state index is -1.18. The maximum Gasteiger partial charge on any atom is 0.0857 e. The van der Waals surface area contributed by atoms with Crippen LogP contribution in [0.25, 0.3) is 0 Å². The number of carbonyl (C=O) groups excluding carboxylic acids is 1. The first kappa shape index (κ1) is 14.4. The molecule has 0 N–H and O–H groups in total. The molecule has 0 aromatic carbocycles. The number of carbonyl (C=O) groups is 1. The van der Waals surface area contributed by atoms with Crippen molar-refractivity contribution in [2.75, 3.05) is 40.4 Å². The summed E-state index contributed by atoms with van der Waals surface area (Å²) in [7, 11) is 3.69. The Morgan fingerprint density at radius 1 is 1.40 bits per heavy atom. The number of carboxylic acid groups (broad SMARTS) is 1. The van der Waals surface area contributed by atoms with Gasteiger partial charge in [0.25, 0.3) is 0 Å². The lowest BCUT2D eigenvalue weighted by Gasteiger charge is -2.28. The van der Waals surface area contributed by atoms with Gasteiger partial charge in [0.05, 0.1) is 39.3 Å². The van der Waals surface area contributed by atoms with Crippen molar-refractivity contribution in [2.45, 2.75) is 26.2 Å². The van der Waals surface area contributed by atoms with Gasteiger partial charge in [-0.1, -0.05) is 6.92 Å². The topological polar surface area (TPSA) is 49.4 Å². The lowest BCUT2D eigenvalue weighted by Crippen LogP contribution is -2.41. The molecule has 4 nitrogen and oxygen atoms in total. The minimum Gasteiger partial charge on any atom is -0.548 e. The van der Waals surface area contributed by atoms with Gasteiger partial charge < -0.3 is 19.1 Å². The number of quaternary nitrogens is 1. The number of rotatable bonds is 4. The molecular formula is C11H23NO3. The second-order valence-electron chi connectivity index (χ2n) is 4.30. The van der Waals surface area contributed by atoms with E-state index in [4.69, 9.17) is 0 Å². The number of carboxylic acids is 1. The van der Waals surface area contributed by atoms with E-state index in [-0.39, 0.29) is 6.61 Å². The molecule has 0 radical (unpaired) electrons. The molecule has 0 bridgehead atoms. The third kappa shape index (κ3) is 7.33. The molecular weight excluding hydrogens is 194 g/mol. The summed E-state index contributed by atoms with van der Waals surface area (Å²) in [4.78, 5) is 9.36. The third-order valence-electron chi connectivity index (χ3n) is 2.67. The van der Waals surface area contributed by atoms with Gasteiger partial charge in [-0.15, -0.1) is 0 Å². The van der Waals surface area contributed by atoms with Gasteiger partial charge in [-0.05, 0) is 6.42 Å². The fraction of sp³-hybridized carbons (Fsp3) is 0.909. The fourth-order valence-electron chi connectivity index (χ4n) is 1.98. The highest BCUT2D eigenvalue weighted by Gasteiger charge is 2.24. The zero-order valence-corrected chi connectivity index (χ0v) is 10.1. The maximum absolute atomic E-state index is 9.36. The third-order valence-corrected chi connectivity index (χ3v) is 2.67. The van der Waals surface area contributed by atoms with E-state index in [0.29, 0.717) is 0 Å². The molecule has 90 valence electrons. The predicted molar refractivity (Wildman–Crippen MR) is 57.2 cm³/mol. The Balaban J connectivity index is 0.000000288. The van der Waals surface area contributed by atoms with Crippen LogP contribution in [0.1, 0.15) is 26.2 Å². The first-order valence-electron chi connectivity index (χ1n) is 5.56. The van der Waals surface area contributed by atoms with E-state index < -0.39 is 5.97 Å². The Kier molecular flexibility index (Phi) is 7.34. The van der Waals surface area contributed by atoms with E-state index in [1.54, 1.807) is 0 Å². The van der Waals surface area contributed by atoms with Gasteiger partial charge in [-0.25, -0.2) is 0 Å². The number of hydrogen-bond donors (Lipinski definition) is 0. The van der Waals surface area contributed by atoms with Crippen LogP contribution in [0.3, 0.4) is 0 Å². The second-order valence-corrected chi connectivity index (χ2v) is 4.30. The van der Waals surface area contributed by atoms with Crippen molar-refractivity contribution in [1.82, 2.24) is 0 Å². The van der Waals surface area contributed by atoms with Crippen LogP contribution in [0.5, 0.6) is 0 Å². The summed E-state index contributed by atoms with van der Waals surface area (Å²) in [6.07, 6.45) is 4.25. The Morgan fingerprint density at radius 3 is 2.20 bits per heavy atom. The predicted octanol–water partition coefficient (Wildman–Crippen LogP) is 0.0195. The molecule has 1 aliphatic rings. The summed E-state index contributed by atoms with van der Waals surface area (Å²) in [5, 5.41) is 9.36. The van der Waals surface area contributed by atoms with E-state index in [1.165, 1.54) is 50.5 Å². The van der Waals surface area contributed by atoms with Crippen LogP contribution in [0, 0.1) is 0 Å². The van der Waals surface area contributed by atoms with Crippen LogP contribution in [0.15, 0.2) is 0 Å². The summed E-state index contributed by atoms with van der Waals surface area (Å²) in [5.74, 6) is -1.18. The molecule has 1 saturated heterocycles. The molecule has 1 fully saturated rings. The first-order valence-corrected chi connectivity index (χ1v) is 5.56. The summed E-state index contributed by atoms with van der Waals surface area (Å²) >= 11 is 0. The van der Waals surface area contributed by atoms with Gasteiger partial charge in [0.2, 0.25) is 0 Å². The largest absolute Gasteiger partial charge is 0.548 e. The fourth-order valence-corrected chi connectivity index (χ4v) is 1.98. The Hall–Kier alpha value is -0.610. The van der Waals surface area contributed by atoms with Crippen molar-refractivity contribution in [2.24, 2.45) is 0 Å². The zero-order valence-electron chi connectivity index (χ0n) is 10.1. The van der Waals surface area contributed by atoms with Gasteiger partial charge in [-0.3, -0.25) is 0 Å². The van der Waals surface area contributed by atoms with Gasteiger partial charge >= 0.3 is 0 Å². The highest BCUT2D eigenvalue weighted by molar-refractivity contribution is 5.65. The molecule has 0 aromatic heterocycles. The van der Waals surface area contributed by atoms with Crippen molar-refractivity contribution in [3.8, 4) is 0 Å². The standard InChI is InChI=1S/C8H18N.C3H6O3/c1-3-6-9(2)7-4-5-8-9;1-6-2-3(4)5/h3-8H2,1-2H3;2H2,1H3,(H,4,5)/q+1;/p-1. The SMILES string of the molecule is CCC[N+]1(C)CCCC1.COCC(=O)[O-]. The van der Waals surface area contributed by atoms with Gasteiger partial charge in [-0.2, -0.15) is 0 Å². The number of nitrogens with zero attached hydrogens (tertiary/aromatic N) is 1. The molecule has 0 aliphatic carbocycles. The lowest BCUT2D eigenvalue weighted by atomic mass is 10.4. The summed E-state index contributed by atoms with van der Waals surface area (Å²) in [5.41, 5.74) is 0. The van der Waals surface area contributed by atoms with Crippen LogP contribution in [0.2, 0.25) is 0 Å². The highest BCUT2D eigenvalue weighted by Crippen LogP contribution is 2.15. The van der Waals surface area contributed by atoms with E-state index in [0.717, 1.165) is 0 Å². The number of likely N-dealkylation sites (tertiary alicyclic amines) is 1. The Labute approximate surface area is 92.4 Å². The molecule has 0 atom stereocenters. The number of hydrogen-bond acceptors (Lipinski definition) is 3. The van der Waals surface area contributed by atoms with Gasteiger partial charge in [0.15, 0.2) is 0 Å². The van der Waals surface area contributed by atoms with Crippen LogP contribution in [0.4, 0.5) is 0 Å². The van der Waals surface area contributed by atoms with Crippen LogP contribution >= 0.6 is 0 Å². The van der Waals surface area contributed by atoms with Gasteiger partial charge in [0, 0.05) is 20.0 Å². The quantitative estimate of drug-likeness (QED) is 0.624. The molecule has 15 heavy (non-hydrogen) atoms.